The minimum atomic E-state index is -4.24. The zero-order chi connectivity index (χ0) is 21.7. The summed E-state index contributed by atoms with van der Waals surface area (Å²) in [5.41, 5.74) is -1.62. The molecular weight excluding hydrogens is 442 g/mol. The molecule has 3 aromatic rings. The Bertz CT molecular complexity index is 1090. The molecule has 0 saturated heterocycles. The normalized spacial score (nSPS) is 12.9. The predicted octanol–water partition coefficient (Wildman–Crippen LogP) is 6.43. The lowest BCUT2D eigenvalue weighted by Crippen LogP contribution is -2.33. The summed E-state index contributed by atoms with van der Waals surface area (Å²) in [5, 5.41) is 14.2. The van der Waals surface area contributed by atoms with Crippen LogP contribution >= 0.6 is 22.9 Å². The average molecular weight is 454 g/mol. The van der Waals surface area contributed by atoms with Crippen LogP contribution in [0.15, 0.2) is 60.1 Å². The van der Waals surface area contributed by atoms with Crippen molar-refractivity contribution in [1.29, 1.82) is 5.26 Å². The summed E-state index contributed by atoms with van der Waals surface area (Å²) >= 11 is 6.00. The van der Waals surface area contributed by atoms with Crippen molar-refractivity contribution in [2.75, 3.05) is 5.32 Å². The Balaban J connectivity index is 1.82. The van der Waals surface area contributed by atoms with Gasteiger partial charge in [0, 0.05) is 17.1 Å². The molecule has 0 amide bonds. The molecule has 3 rings (SSSR count). The van der Waals surface area contributed by atoms with Crippen LogP contribution in [0.2, 0.25) is 0 Å². The van der Waals surface area contributed by atoms with Crippen LogP contribution in [0.5, 0.6) is 5.75 Å². The van der Waals surface area contributed by atoms with E-state index in [-0.39, 0.29) is 22.8 Å². The van der Waals surface area contributed by atoms with Crippen molar-refractivity contribution in [3.63, 3.8) is 0 Å². The Hall–Kier alpha value is -3.09. The minimum Gasteiger partial charge on any atom is -0.427 e. The Labute approximate surface area is 178 Å². The molecule has 0 aliphatic rings. The second-order valence-electron chi connectivity index (χ2n) is 5.82. The molecule has 0 aliphatic heterocycles. The van der Waals surface area contributed by atoms with Gasteiger partial charge in [-0.1, -0.05) is 23.7 Å². The van der Waals surface area contributed by atoms with E-state index in [9.17, 15) is 22.8 Å². The molecule has 0 radical (unpaired) electrons. The van der Waals surface area contributed by atoms with Gasteiger partial charge in [0.25, 0.3) is 5.63 Å². The van der Waals surface area contributed by atoms with E-state index >= 15 is 0 Å². The molecule has 0 fully saturated rings. The molecular formula is C20H12ClF4N3OS. The molecule has 0 bridgehead atoms. The maximum Gasteiger partial charge on any atom is 0.444 e. The quantitative estimate of drug-likeness (QED) is 0.254. The zero-order valence-electron chi connectivity index (χ0n) is 15.0. The van der Waals surface area contributed by atoms with E-state index in [2.05, 4.69) is 15.0 Å². The van der Waals surface area contributed by atoms with E-state index in [0.29, 0.717) is 16.3 Å². The van der Waals surface area contributed by atoms with Crippen LogP contribution in [-0.2, 0) is 0 Å². The average Bonchev–Trinajstić information content (AvgIpc) is 3.20. The van der Waals surface area contributed by atoms with Crippen molar-refractivity contribution in [1.82, 2.24) is 4.98 Å². The molecule has 1 heterocycles. The highest BCUT2D eigenvalue weighted by Gasteiger charge is 2.42. The van der Waals surface area contributed by atoms with Crippen molar-refractivity contribution in [3.05, 3.63) is 70.9 Å². The van der Waals surface area contributed by atoms with Crippen molar-refractivity contribution in [2.24, 2.45) is 0 Å². The fraction of sp³-hybridized carbons (Fsp3) is 0.100. The maximum absolute atomic E-state index is 13.5. The van der Waals surface area contributed by atoms with Gasteiger partial charge in [-0.05, 0) is 36.4 Å². The van der Waals surface area contributed by atoms with E-state index in [1.54, 1.807) is 17.5 Å². The number of rotatable bonds is 7. The van der Waals surface area contributed by atoms with Crippen LogP contribution in [0.1, 0.15) is 5.01 Å². The fourth-order valence-corrected chi connectivity index (χ4v) is 3.15. The van der Waals surface area contributed by atoms with Crippen molar-refractivity contribution in [2.45, 2.75) is 11.7 Å². The van der Waals surface area contributed by atoms with Crippen molar-refractivity contribution >= 4 is 34.2 Å². The van der Waals surface area contributed by atoms with Gasteiger partial charge in [0.2, 0.25) is 0 Å². The number of hydrogen-bond acceptors (Lipinski definition) is 5. The molecule has 1 atom stereocenters. The van der Waals surface area contributed by atoms with Crippen LogP contribution in [0.4, 0.5) is 23.2 Å². The first-order valence-corrected chi connectivity index (χ1v) is 9.64. The Kier molecular flexibility index (Phi) is 6.59. The molecule has 30 heavy (non-hydrogen) atoms. The van der Waals surface area contributed by atoms with Gasteiger partial charge in [0.05, 0.1) is 11.4 Å². The molecule has 0 saturated carbocycles. The van der Waals surface area contributed by atoms with Crippen LogP contribution in [-0.4, -0.2) is 16.7 Å². The second kappa shape index (κ2) is 9.15. The molecule has 1 N–H and O–H groups in total. The lowest BCUT2D eigenvalue weighted by atomic mass is 10.2. The van der Waals surface area contributed by atoms with Gasteiger partial charge in [-0.15, -0.1) is 11.3 Å². The van der Waals surface area contributed by atoms with Gasteiger partial charge >= 0.3 is 6.11 Å². The third kappa shape index (κ3) is 5.09. The SMILES string of the molecule is N#C/C(=C\Nc1ccccc1OC(F)(F)[C@H](F)Cl)c1nc(-c2ccc(F)cc2)cs1. The van der Waals surface area contributed by atoms with E-state index in [4.69, 9.17) is 11.6 Å². The summed E-state index contributed by atoms with van der Waals surface area (Å²) in [4.78, 5) is 4.35. The number of nitrogens with one attached hydrogen (secondary N) is 1. The number of thiazole rings is 1. The number of alkyl halides is 4. The summed E-state index contributed by atoms with van der Waals surface area (Å²) in [5.74, 6) is -0.735. The number of nitrogens with zero attached hydrogens (tertiary/aromatic N) is 2. The van der Waals surface area contributed by atoms with Gasteiger partial charge in [-0.25, -0.2) is 13.8 Å². The Morgan fingerprint density at radius 1 is 1.23 bits per heavy atom. The first-order chi connectivity index (χ1) is 14.3. The van der Waals surface area contributed by atoms with Gasteiger partial charge in [-0.2, -0.15) is 14.0 Å². The molecule has 0 aliphatic carbocycles. The lowest BCUT2D eigenvalue weighted by molar-refractivity contribution is -0.198. The highest BCUT2D eigenvalue weighted by Crippen LogP contribution is 2.34. The van der Waals surface area contributed by atoms with Crippen LogP contribution in [0.25, 0.3) is 16.8 Å². The van der Waals surface area contributed by atoms with Crippen LogP contribution < -0.4 is 10.1 Å². The first-order valence-electron chi connectivity index (χ1n) is 8.33. The molecule has 154 valence electrons. The molecule has 0 spiro atoms. The lowest BCUT2D eigenvalue weighted by Gasteiger charge is -2.19. The first kappa shape index (κ1) is 21.6. The maximum atomic E-state index is 13.5. The number of aromatic nitrogens is 1. The van der Waals surface area contributed by atoms with E-state index in [1.807, 2.05) is 6.07 Å². The topological polar surface area (TPSA) is 57.9 Å². The van der Waals surface area contributed by atoms with Crippen LogP contribution in [0.3, 0.4) is 0 Å². The summed E-state index contributed by atoms with van der Waals surface area (Å²) < 4.78 is 57.2. The largest absolute Gasteiger partial charge is 0.444 e. The summed E-state index contributed by atoms with van der Waals surface area (Å²) in [6.45, 7) is 0. The molecule has 10 heteroatoms. The Morgan fingerprint density at radius 2 is 1.93 bits per heavy atom. The molecule has 2 aromatic carbocycles. The van der Waals surface area contributed by atoms with Gasteiger partial charge in [0.1, 0.15) is 28.2 Å². The van der Waals surface area contributed by atoms with Crippen molar-refractivity contribution in [3.8, 4) is 23.1 Å². The molecule has 4 nitrogen and oxygen atoms in total. The van der Waals surface area contributed by atoms with E-state index < -0.39 is 11.7 Å². The number of halogens is 5. The smallest absolute Gasteiger partial charge is 0.427 e. The number of para-hydroxylation sites is 2. The van der Waals surface area contributed by atoms with Gasteiger partial charge in [-0.3, -0.25) is 0 Å². The number of anilines is 1. The van der Waals surface area contributed by atoms with Crippen LogP contribution in [0, 0.1) is 17.1 Å². The number of allylic oxidation sites excluding steroid dienone is 1. The highest BCUT2D eigenvalue weighted by atomic mass is 35.5. The number of nitriles is 1. The third-order valence-electron chi connectivity index (χ3n) is 3.75. The standard InChI is InChI=1S/C20H12ClF4N3OS/c21-19(23)20(24,25)29-17-4-2-1-3-15(17)27-10-13(9-26)18-28-16(11-30-18)12-5-7-14(22)8-6-12/h1-8,10-11,19,27H/b13-10+/t19-/m0/s1. The zero-order valence-corrected chi connectivity index (χ0v) is 16.5. The summed E-state index contributed by atoms with van der Waals surface area (Å²) in [7, 11) is 0. The van der Waals surface area contributed by atoms with E-state index in [1.165, 1.54) is 53.9 Å². The molecule has 0 unspecified atom stereocenters. The Morgan fingerprint density at radius 3 is 2.60 bits per heavy atom. The predicted molar refractivity (Wildman–Crippen MR) is 107 cm³/mol. The monoisotopic (exact) mass is 453 g/mol. The summed E-state index contributed by atoms with van der Waals surface area (Å²) in [6.07, 6.45) is -2.97. The van der Waals surface area contributed by atoms with Crippen molar-refractivity contribution < 1.29 is 22.3 Å². The minimum absolute atomic E-state index is 0.0672. The third-order valence-corrected chi connectivity index (χ3v) is 4.88. The molecule has 1 aromatic heterocycles. The van der Waals surface area contributed by atoms with E-state index in [0.717, 1.165) is 0 Å². The number of hydrogen-bond donors (Lipinski definition) is 1. The fourth-order valence-electron chi connectivity index (χ4n) is 2.31. The number of ether oxygens (including phenoxy) is 1. The second-order valence-corrected chi connectivity index (χ2v) is 7.06. The number of benzene rings is 2. The highest BCUT2D eigenvalue weighted by molar-refractivity contribution is 7.11. The summed E-state index contributed by atoms with van der Waals surface area (Å²) in [6, 6.07) is 13.2. The van der Waals surface area contributed by atoms with Gasteiger partial charge < -0.3 is 10.1 Å². The van der Waals surface area contributed by atoms with Gasteiger partial charge in [0.15, 0.2) is 0 Å².